The minimum Gasteiger partial charge on any atom is -0.489 e. The number of aromatic nitrogens is 2. The third-order valence-corrected chi connectivity index (χ3v) is 6.86. The molecule has 1 aromatic heterocycles. The monoisotopic (exact) mass is 479 g/mol. The Morgan fingerprint density at radius 1 is 0.833 bits per heavy atom. The molecule has 5 rings (SSSR count). The lowest BCUT2D eigenvalue weighted by Gasteiger charge is -2.36. The van der Waals surface area contributed by atoms with Crippen molar-refractivity contribution < 1.29 is 14.3 Å². The molecule has 3 aromatic carbocycles. The van der Waals surface area contributed by atoms with Crippen molar-refractivity contribution >= 4 is 11.7 Å². The van der Waals surface area contributed by atoms with Crippen LogP contribution in [0.1, 0.15) is 29.5 Å². The van der Waals surface area contributed by atoms with Crippen LogP contribution in [0.5, 0.6) is 5.75 Å². The van der Waals surface area contributed by atoms with Gasteiger partial charge >= 0.3 is 0 Å². The smallest absolute Gasteiger partial charge is 0.219 e. The molecule has 0 amide bonds. The van der Waals surface area contributed by atoms with E-state index in [-0.39, 0.29) is 11.7 Å². The molecule has 1 aliphatic rings. The fraction of sp³-hybridized carbons (Fsp3) is 0.233. The number of Topliss-reactive ketones (excluding diaryl/α,β-unsaturated/α-hetero) is 1. The van der Waals surface area contributed by atoms with Crippen molar-refractivity contribution in [2.24, 2.45) is 0 Å². The van der Waals surface area contributed by atoms with Crippen LogP contribution in [-0.4, -0.2) is 29.0 Å². The highest BCUT2D eigenvalue weighted by Crippen LogP contribution is 2.38. The third-order valence-electron chi connectivity index (χ3n) is 6.86. The van der Waals surface area contributed by atoms with Gasteiger partial charge in [0.2, 0.25) is 5.95 Å². The molecule has 6 heteroatoms. The van der Waals surface area contributed by atoms with Gasteiger partial charge in [0.15, 0.2) is 0 Å². The van der Waals surface area contributed by atoms with E-state index in [9.17, 15) is 4.79 Å². The number of rotatable bonds is 8. The second-order valence-electron chi connectivity index (χ2n) is 9.12. The number of carbonyl (C=O) groups excluding carboxylic acids is 1. The van der Waals surface area contributed by atoms with Crippen LogP contribution in [0, 0.1) is 0 Å². The van der Waals surface area contributed by atoms with Gasteiger partial charge in [0.05, 0.1) is 5.41 Å². The minimum atomic E-state index is -0.559. The van der Waals surface area contributed by atoms with Crippen LogP contribution >= 0.6 is 0 Å². The summed E-state index contributed by atoms with van der Waals surface area (Å²) in [7, 11) is 0. The van der Waals surface area contributed by atoms with Gasteiger partial charge in [0, 0.05) is 37.6 Å². The zero-order chi connectivity index (χ0) is 24.8. The van der Waals surface area contributed by atoms with Crippen LogP contribution in [0.4, 0.5) is 5.95 Å². The lowest BCUT2D eigenvalue weighted by Crippen LogP contribution is -2.42. The molecule has 1 fully saturated rings. The Kier molecular flexibility index (Phi) is 7.05. The molecule has 0 saturated carbocycles. The number of anilines is 1. The number of hydrogen-bond donors (Lipinski definition) is 1. The predicted molar refractivity (Wildman–Crippen MR) is 140 cm³/mol. The lowest BCUT2D eigenvalue weighted by molar-refractivity contribution is -0.127. The standard InChI is InChI=1S/C30H29N3O3/c31-29-32-19-25(20-33-29)24-8-10-26(11-9-24)30(14-16-35-17-15-30)28(34)18-22-6-12-27(13-7-22)36-21-23-4-2-1-3-5-23/h1-13,19-20H,14-18,21H2,(H2,31,32,33). The first-order chi connectivity index (χ1) is 17.6. The van der Waals surface area contributed by atoms with Gasteiger partial charge in [-0.25, -0.2) is 9.97 Å². The van der Waals surface area contributed by atoms with Crippen molar-refractivity contribution in [1.29, 1.82) is 0 Å². The highest BCUT2D eigenvalue weighted by molar-refractivity contribution is 5.92. The van der Waals surface area contributed by atoms with E-state index in [0.717, 1.165) is 33.6 Å². The molecule has 1 aliphatic heterocycles. The molecule has 36 heavy (non-hydrogen) atoms. The van der Waals surface area contributed by atoms with Gasteiger partial charge in [0.25, 0.3) is 0 Å². The van der Waals surface area contributed by atoms with Gasteiger partial charge < -0.3 is 15.2 Å². The number of nitrogens with zero attached hydrogens (tertiary/aromatic N) is 2. The van der Waals surface area contributed by atoms with Crippen molar-refractivity contribution in [3.05, 3.63) is 108 Å². The maximum absolute atomic E-state index is 13.8. The Labute approximate surface area is 211 Å². The number of nitrogen functional groups attached to an aromatic ring is 1. The van der Waals surface area contributed by atoms with E-state index in [1.807, 2.05) is 66.7 Å². The molecule has 182 valence electrons. The Bertz CT molecular complexity index is 1280. The average Bonchev–Trinajstić information content (AvgIpc) is 2.94. The molecule has 0 atom stereocenters. The van der Waals surface area contributed by atoms with Crippen LogP contribution in [0.25, 0.3) is 11.1 Å². The molecule has 2 heterocycles. The Morgan fingerprint density at radius 3 is 2.17 bits per heavy atom. The second kappa shape index (κ2) is 10.7. The number of ketones is 1. The first-order valence-electron chi connectivity index (χ1n) is 12.2. The highest BCUT2D eigenvalue weighted by Gasteiger charge is 2.41. The SMILES string of the molecule is Nc1ncc(-c2ccc(C3(C(=O)Cc4ccc(OCc5ccccc5)cc4)CCOCC3)cc2)cn1. The van der Waals surface area contributed by atoms with E-state index in [1.165, 1.54) is 0 Å². The molecule has 1 saturated heterocycles. The van der Waals surface area contributed by atoms with Crippen molar-refractivity contribution in [2.45, 2.75) is 31.3 Å². The van der Waals surface area contributed by atoms with Crippen LogP contribution in [0.3, 0.4) is 0 Å². The number of hydrogen-bond acceptors (Lipinski definition) is 6. The summed E-state index contributed by atoms with van der Waals surface area (Å²) in [5.74, 6) is 1.25. The van der Waals surface area contributed by atoms with Crippen LogP contribution in [0.2, 0.25) is 0 Å². The van der Waals surface area contributed by atoms with Crippen molar-refractivity contribution in [1.82, 2.24) is 9.97 Å². The third kappa shape index (κ3) is 5.29. The molecular weight excluding hydrogens is 450 g/mol. The van der Waals surface area contributed by atoms with Crippen LogP contribution < -0.4 is 10.5 Å². The van der Waals surface area contributed by atoms with Gasteiger partial charge in [-0.15, -0.1) is 0 Å². The van der Waals surface area contributed by atoms with E-state index in [4.69, 9.17) is 15.2 Å². The normalized spacial score (nSPS) is 14.8. The minimum absolute atomic E-state index is 0.215. The lowest BCUT2D eigenvalue weighted by atomic mass is 9.69. The predicted octanol–water partition coefficient (Wildman–Crippen LogP) is 5.16. The van der Waals surface area contributed by atoms with E-state index in [2.05, 4.69) is 22.1 Å². The number of benzene rings is 3. The van der Waals surface area contributed by atoms with Gasteiger partial charge in [-0.1, -0.05) is 66.7 Å². The molecular formula is C30H29N3O3. The van der Waals surface area contributed by atoms with E-state index >= 15 is 0 Å². The topological polar surface area (TPSA) is 87.3 Å². The van der Waals surface area contributed by atoms with Crippen molar-refractivity contribution in [2.75, 3.05) is 18.9 Å². The summed E-state index contributed by atoms with van der Waals surface area (Å²) in [6.45, 7) is 1.66. The summed E-state index contributed by atoms with van der Waals surface area (Å²) in [5, 5.41) is 0. The number of ether oxygens (including phenoxy) is 2. The first-order valence-corrected chi connectivity index (χ1v) is 12.2. The summed E-state index contributed by atoms with van der Waals surface area (Å²) in [4.78, 5) is 21.9. The summed E-state index contributed by atoms with van der Waals surface area (Å²) < 4.78 is 11.5. The van der Waals surface area contributed by atoms with Crippen molar-refractivity contribution in [3.8, 4) is 16.9 Å². The molecule has 0 aliphatic carbocycles. The van der Waals surface area contributed by atoms with Gasteiger partial charge in [-0.2, -0.15) is 0 Å². The van der Waals surface area contributed by atoms with Gasteiger partial charge in [-0.3, -0.25) is 4.79 Å². The van der Waals surface area contributed by atoms with E-state index in [1.54, 1.807) is 12.4 Å². The fourth-order valence-corrected chi connectivity index (χ4v) is 4.72. The van der Waals surface area contributed by atoms with E-state index < -0.39 is 5.41 Å². The zero-order valence-corrected chi connectivity index (χ0v) is 20.1. The maximum Gasteiger partial charge on any atom is 0.219 e. The Hall–Kier alpha value is -4.03. The van der Waals surface area contributed by atoms with Crippen LogP contribution in [-0.2, 0) is 28.0 Å². The molecule has 0 spiro atoms. The Balaban J connectivity index is 1.30. The van der Waals surface area contributed by atoms with Gasteiger partial charge in [-0.05, 0) is 47.2 Å². The van der Waals surface area contributed by atoms with E-state index in [0.29, 0.717) is 39.1 Å². The number of carbonyl (C=O) groups is 1. The summed E-state index contributed by atoms with van der Waals surface area (Å²) in [5.41, 5.74) is 10.0. The maximum atomic E-state index is 13.8. The van der Waals surface area contributed by atoms with Gasteiger partial charge in [0.1, 0.15) is 18.1 Å². The fourth-order valence-electron chi connectivity index (χ4n) is 4.72. The average molecular weight is 480 g/mol. The summed E-state index contributed by atoms with van der Waals surface area (Å²) >= 11 is 0. The highest BCUT2D eigenvalue weighted by atomic mass is 16.5. The quantitative estimate of drug-likeness (QED) is 0.375. The Morgan fingerprint density at radius 2 is 1.50 bits per heavy atom. The molecule has 0 bridgehead atoms. The summed E-state index contributed by atoms with van der Waals surface area (Å²) in [6, 6.07) is 26.0. The molecule has 6 nitrogen and oxygen atoms in total. The zero-order valence-electron chi connectivity index (χ0n) is 20.1. The largest absolute Gasteiger partial charge is 0.489 e. The molecule has 2 N–H and O–H groups in total. The van der Waals surface area contributed by atoms with Crippen molar-refractivity contribution in [3.63, 3.8) is 0 Å². The molecule has 0 unspecified atom stereocenters. The van der Waals surface area contributed by atoms with Crippen LogP contribution in [0.15, 0.2) is 91.3 Å². The number of nitrogens with two attached hydrogens (primary N) is 1. The molecule has 4 aromatic rings. The first kappa shape index (κ1) is 23.7. The molecule has 0 radical (unpaired) electrons. The summed E-state index contributed by atoms with van der Waals surface area (Å²) in [6.07, 6.45) is 5.13. The second-order valence-corrected chi connectivity index (χ2v) is 9.12.